The van der Waals surface area contributed by atoms with E-state index < -0.39 is 20.9 Å². The molecule has 2 unspecified atom stereocenters. The van der Waals surface area contributed by atoms with Gasteiger partial charge in [-0.25, -0.2) is 8.42 Å². The molecule has 2 bridgehead atoms. The molecule has 1 saturated heterocycles. The average Bonchev–Trinajstić information content (AvgIpc) is 3.76. The Morgan fingerprint density at radius 1 is 1.09 bits per heavy atom. The molecule has 11 nitrogen and oxygen atoms in total. The van der Waals surface area contributed by atoms with Crippen LogP contribution >= 0.6 is 0 Å². The van der Waals surface area contributed by atoms with Crippen molar-refractivity contribution in [1.82, 2.24) is 14.1 Å². The second-order valence-corrected chi connectivity index (χ2v) is 15.0. The van der Waals surface area contributed by atoms with Crippen LogP contribution in [-0.4, -0.2) is 92.7 Å². The van der Waals surface area contributed by atoms with Gasteiger partial charge in [-0.3, -0.25) is 14.5 Å². The van der Waals surface area contributed by atoms with Crippen molar-refractivity contribution in [1.29, 1.82) is 0 Å². The molecule has 1 aromatic heterocycles. The molecule has 3 heterocycles. The zero-order valence-electron chi connectivity index (χ0n) is 25.7. The fraction of sp³-hybridized carbons (Fsp3) is 0.625. The van der Waals surface area contributed by atoms with E-state index in [0.717, 1.165) is 25.1 Å². The Labute approximate surface area is 259 Å². The number of ether oxygens (including phenoxy) is 3. The predicted octanol–water partition coefficient (Wildman–Crippen LogP) is 3.29. The zero-order valence-corrected chi connectivity index (χ0v) is 26.5. The number of rotatable bonds is 13. The molecule has 0 spiro atoms. The summed E-state index contributed by atoms with van der Waals surface area (Å²) >= 11 is 0. The number of hydrogen-bond acceptors (Lipinski definition) is 9. The highest BCUT2D eigenvalue weighted by atomic mass is 32.2. The lowest BCUT2D eigenvalue weighted by molar-refractivity contribution is -0.133. The van der Waals surface area contributed by atoms with E-state index in [2.05, 4.69) is 4.90 Å². The number of Topliss-reactive ketones (excluding diaryl/α,β-unsaturated/α-hetero) is 1. The Kier molecular flexibility index (Phi) is 8.80. The fourth-order valence-electron chi connectivity index (χ4n) is 7.46. The van der Waals surface area contributed by atoms with Crippen molar-refractivity contribution in [3.05, 3.63) is 47.9 Å². The van der Waals surface area contributed by atoms with E-state index in [1.54, 1.807) is 23.3 Å². The number of carbonyl (C=O) groups excluding carboxylic acids is 2. The van der Waals surface area contributed by atoms with E-state index >= 15 is 0 Å². The number of ketones is 1. The maximum absolute atomic E-state index is 14.3. The van der Waals surface area contributed by atoms with Gasteiger partial charge in [-0.05, 0) is 67.0 Å². The topological polar surface area (TPSA) is 119 Å². The van der Waals surface area contributed by atoms with Crippen LogP contribution < -0.4 is 9.47 Å². The summed E-state index contributed by atoms with van der Waals surface area (Å²) in [5.41, 5.74) is -0.488. The van der Waals surface area contributed by atoms with Crippen LogP contribution in [0.15, 0.2) is 41.0 Å². The Bertz CT molecular complexity index is 1450. The number of fused-ring (bicyclic) bond motifs is 3. The normalized spacial score (nSPS) is 24.3. The highest BCUT2D eigenvalue weighted by Crippen LogP contribution is 2.64. The maximum Gasteiger partial charge on any atom is 0.238 e. The third-order valence-electron chi connectivity index (χ3n) is 10.3. The molecule has 12 heteroatoms. The summed E-state index contributed by atoms with van der Waals surface area (Å²) in [6.45, 7) is 8.12. The summed E-state index contributed by atoms with van der Waals surface area (Å²) in [6.07, 6.45) is 3.99. The minimum absolute atomic E-state index is 0.0455. The molecular formula is C32H43N3O8S. The van der Waals surface area contributed by atoms with E-state index in [1.165, 1.54) is 4.31 Å². The van der Waals surface area contributed by atoms with Gasteiger partial charge in [0, 0.05) is 38.0 Å². The van der Waals surface area contributed by atoms with Gasteiger partial charge in [-0.1, -0.05) is 19.9 Å². The molecule has 44 heavy (non-hydrogen) atoms. The summed E-state index contributed by atoms with van der Waals surface area (Å²) in [7, 11) is -3.97. The molecule has 0 radical (unpaired) electrons. The summed E-state index contributed by atoms with van der Waals surface area (Å²) in [5.74, 6) is 1.50. The van der Waals surface area contributed by atoms with Crippen molar-refractivity contribution in [2.75, 3.05) is 58.5 Å². The van der Waals surface area contributed by atoms with Gasteiger partial charge in [0.25, 0.3) is 0 Å². The summed E-state index contributed by atoms with van der Waals surface area (Å²) in [5, 5.41) is 0. The molecule has 2 aromatic rings. The molecule has 1 amide bonds. The first-order chi connectivity index (χ1) is 21.1. The van der Waals surface area contributed by atoms with Crippen LogP contribution in [0.2, 0.25) is 0 Å². The fourth-order valence-corrected chi connectivity index (χ4v) is 9.65. The SMILES string of the molecule is CC1(C)C2CCC1(CS(=O)(=O)N(CCCN1CCOCC1)CC(=O)N(Cc1ccc3c(c1)OCO3)Cc1ccco1)C(=O)C2. The number of amides is 1. The minimum atomic E-state index is -3.97. The lowest BCUT2D eigenvalue weighted by Crippen LogP contribution is -2.49. The van der Waals surface area contributed by atoms with Gasteiger partial charge >= 0.3 is 0 Å². The molecule has 2 atom stereocenters. The van der Waals surface area contributed by atoms with E-state index in [4.69, 9.17) is 18.6 Å². The molecule has 4 aliphatic rings. The van der Waals surface area contributed by atoms with Gasteiger partial charge in [-0.2, -0.15) is 4.31 Å². The molecule has 6 rings (SSSR count). The molecule has 2 aliphatic heterocycles. The third kappa shape index (κ3) is 6.14. The quantitative estimate of drug-likeness (QED) is 0.329. The number of furan rings is 1. The maximum atomic E-state index is 14.3. The van der Waals surface area contributed by atoms with Crippen molar-refractivity contribution in [3.63, 3.8) is 0 Å². The van der Waals surface area contributed by atoms with Gasteiger partial charge < -0.3 is 23.5 Å². The monoisotopic (exact) mass is 629 g/mol. The Hall–Kier alpha value is -2.93. The van der Waals surface area contributed by atoms with Crippen LogP contribution in [-0.2, 0) is 37.4 Å². The molecule has 2 aliphatic carbocycles. The Morgan fingerprint density at radius 3 is 2.59 bits per heavy atom. The summed E-state index contributed by atoms with van der Waals surface area (Å²) < 4.78 is 51.8. The van der Waals surface area contributed by atoms with Crippen LogP contribution in [0.4, 0.5) is 0 Å². The van der Waals surface area contributed by atoms with Crippen LogP contribution in [0.3, 0.4) is 0 Å². The van der Waals surface area contributed by atoms with Crippen molar-refractivity contribution >= 4 is 21.7 Å². The Morgan fingerprint density at radius 2 is 1.89 bits per heavy atom. The predicted molar refractivity (Wildman–Crippen MR) is 161 cm³/mol. The third-order valence-corrected chi connectivity index (χ3v) is 12.3. The first kappa shape index (κ1) is 31.1. The first-order valence-corrected chi connectivity index (χ1v) is 17.2. The standard InChI is InChI=1S/C32H43N3O8S/c1-31(2)25-8-9-32(31,29(36)18-25)22-44(38,39)35(11-4-10-33-12-15-40-16-13-33)21-30(37)34(20-26-5-3-14-41-26)19-24-6-7-27-28(17-24)43-23-42-27/h3,5-7,14,17,25H,4,8-13,15-16,18-23H2,1-2H3. The van der Waals surface area contributed by atoms with Gasteiger partial charge in [0.15, 0.2) is 11.5 Å². The Balaban J connectivity index is 1.23. The zero-order chi connectivity index (χ0) is 31.0. The van der Waals surface area contributed by atoms with Crippen LogP contribution in [0.5, 0.6) is 11.5 Å². The molecule has 3 fully saturated rings. The second-order valence-electron chi connectivity index (χ2n) is 13.1. The minimum Gasteiger partial charge on any atom is -0.467 e. The van der Waals surface area contributed by atoms with Gasteiger partial charge in [0.05, 0.1) is 38.3 Å². The smallest absolute Gasteiger partial charge is 0.238 e. The number of sulfonamides is 1. The largest absolute Gasteiger partial charge is 0.467 e. The number of nitrogens with zero attached hydrogens (tertiary/aromatic N) is 3. The van der Waals surface area contributed by atoms with Gasteiger partial charge in [0.2, 0.25) is 22.7 Å². The van der Waals surface area contributed by atoms with Gasteiger partial charge in [0.1, 0.15) is 11.5 Å². The highest BCUT2D eigenvalue weighted by molar-refractivity contribution is 7.89. The van der Waals surface area contributed by atoms with Crippen LogP contribution in [0, 0.1) is 16.7 Å². The first-order valence-electron chi connectivity index (χ1n) is 15.6. The molecule has 1 aromatic carbocycles. The van der Waals surface area contributed by atoms with Gasteiger partial charge in [-0.15, -0.1) is 0 Å². The van der Waals surface area contributed by atoms with E-state index in [-0.39, 0.29) is 56.3 Å². The van der Waals surface area contributed by atoms with Crippen LogP contribution in [0.1, 0.15) is 50.9 Å². The summed E-state index contributed by atoms with van der Waals surface area (Å²) in [6, 6.07) is 9.07. The second kappa shape index (κ2) is 12.5. The van der Waals surface area contributed by atoms with E-state index in [1.807, 2.05) is 32.0 Å². The average molecular weight is 630 g/mol. The van der Waals surface area contributed by atoms with Crippen molar-refractivity contribution in [2.24, 2.45) is 16.7 Å². The number of morpholine rings is 1. The number of hydrogen-bond donors (Lipinski definition) is 0. The van der Waals surface area contributed by atoms with Crippen molar-refractivity contribution in [3.8, 4) is 11.5 Å². The molecule has 2 saturated carbocycles. The van der Waals surface area contributed by atoms with Crippen LogP contribution in [0.25, 0.3) is 0 Å². The van der Waals surface area contributed by atoms with Crippen molar-refractivity contribution < 1.29 is 36.6 Å². The summed E-state index contributed by atoms with van der Waals surface area (Å²) in [4.78, 5) is 31.2. The lowest BCUT2D eigenvalue weighted by atomic mass is 9.70. The van der Waals surface area contributed by atoms with E-state index in [9.17, 15) is 18.0 Å². The lowest BCUT2D eigenvalue weighted by Gasteiger charge is -2.38. The molecule has 0 N–H and O–H groups in total. The number of benzene rings is 1. The highest BCUT2D eigenvalue weighted by Gasteiger charge is 2.65. The van der Waals surface area contributed by atoms with E-state index in [0.29, 0.717) is 56.3 Å². The van der Waals surface area contributed by atoms with Crippen molar-refractivity contribution in [2.45, 2.75) is 52.6 Å². The molecular weight excluding hydrogens is 586 g/mol. The molecule has 240 valence electrons. The number of carbonyl (C=O) groups is 2.